The molecule has 0 fully saturated rings. The molecule has 0 saturated heterocycles. The summed E-state index contributed by atoms with van der Waals surface area (Å²) in [4.78, 5) is 23.5. The van der Waals surface area contributed by atoms with Crippen molar-refractivity contribution in [2.24, 2.45) is 0 Å². The van der Waals surface area contributed by atoms with Crippen LogP contribution in [0.3, 0.4) is 0 Å². The Bertz CT molecular complexity index is 958. The highest BCUT2D eigenvalue weighted by Crippen LogP contribution is 2.34. The van der Waals surface area contributed by atoms with Gasteiger partial charge in [0.15, 0.2) is 0 Å². The first kappa shape index (κ1) is 14.5. The zero-order valence-electron chi connectivity index (χ0n) is 12.7. The highest BCUT2D eigenvalue weighted by molar-refractivity contribution is 5.89. The Labute approximate surface area is 137 Å². The van der Waals surface area contributed by atoms with Crippen molar-refractivity contribution < 1.29 is 18.7 Å². The first-order valence-corrected chi connectivity index (χ1v) is 7.65. The molecule has 0 aliphatic carbocycles. The highest BCUT2D eigenvalue weighted by Gasteiger charge is 2.27. The predicted molar refractivity (Wildman–Crippen MR) is 87.3 cm³/mol. The maximum absolute atomic E-state index is 12.0. The Balaban J connectivity index is 1.50. The van der Waals surface area contributed by atoms with E-state index in [1.54, 1.807) is 30.3 Å². The Hall–Kier alpha value is -3.08. The van der Waals surface area contributed by atoms with Crippen LogP contribution in [0.1, 0.15) is 15.9 Å². The second-order valence-corrected chi connectivity index (χ2v) is 5.62. The Morgan fingerprint density at radius 1 is 1.08 bits per heavy atom. The van der Waals surface area contributed by atoms with Crippen molar-refractivity contribution in [3.63, 3.8) is 0 Å². The largest absolute Gasteiger partial charge is 0.486 e. The predicted octanol–water partition coefficient (Wildman–Crippen LogP) is 2.95. The molecule has 120 valence electrons. The van der Waals surface area contributed by atoms with Crippen molar-refractivity contribution in [1.82, 2.24) is 0 Å². The fourth-order valence-corrected chi connectivity index (χ4v) is 2.84. The summed E-state index contributed by atoms with van der Waals surface area (Å²) in [5.41, 5.74) is 1.49. The van der Waals surface area contributed by atoms with Crippen LogP contribution in [0.2, 0.25) is 0 Å². The van der Waals surface area contributed by atoms with E-state index < -0.39 is 5.63 Å². The van der Waals surface area contributed by atoms with Crippen LogP contribution >= 0.6 is 0 Å². The first-order chi connectivity index (χ1) is 11.7. The van der Waals surface area contributed by atoms with Crippen LogP contribution < -0.4 is 10.4 Å². The first-order valence-electron chi connectivity index (χ1n) is 7.65. The molecule has 0 bridgehead atoms. The van der Waals surface area contributed by atoms with Gasteiger partial charge in [-0.05, 0) is 30.3 Å². The molecular formula is C19H14O5. The molecule has 2 heterocycles. The molecule has 0 N–H and O–H groups in total. The summed E-state index contributed by atoms with van der Waals surface area (Å²) >= 11 is 0. The van der Waals surface area contributed by atoms with E-state index in [1.165, 1.54) is 6.07 Å². The van der Waals surface area contributed by atoms with Gasteiger partial charge in [-0.25, -0.2) is 9.59 Å². The minimum atomic E-state index is -0.394. The average molecular weight is 322 g/mol. The van der Waals surface area contributed by atoms with Crippen LogP contribution in [-0.4, -0.2) is 18.7 Å². The zero-order valence-corrected chi connectivity index (χ0v) is 12.7. The van der Waals surface area contributed by atoms with Gasteiger partial charge >= 0.3 is 11.6 Å². The van der Waals surface area contributed by atoms with Gasteiger partial charge in [-0.1, -0.05) is 18.2 Å². The second-order valence-electron chi connectivity index (χ2n) is 5.62. The number of carbonyl (C=O) groups is 1. The molecule has 24 heavy (non-hydrogen) atoms. The lowest BCUT2D eigenvalue weighted by atomic mass is 10.1. The molecule has 2 aromatic carbocycles. The number of hydrogen-bond acceptors (Lipinski definition) is 5. The van der Waals surface area contributed by atoms with Crippen LogP contribution in [0.4, 0.5) is 0 Å². The maximum atomic E-state index is 12.0. The summed E-state index contributed by atoms with van der Waals surface area (Å²) in [6, 6.07) is 15.6. The molecule has 0 saturated carbocycles. The molecular weight excluding hydrogens is 308 g/mol. The molecule has 0 radical (unpaired) electrons. The van der Waals surface area contributed by atoms with Gasteiger partial charge in [0.2, 0.25) is 0 Å². The lowest BCUT2D eigenvalue weighted by Crippen LogP contribution is -2.22. The summed E-state index contributed by atoms with van der Waals surface area (Å²) in [6.07, 6.45) is 0.241. The normalized spacial score (nSPS) is 15.8. The molecule has 1 aliphatic rings. The molecule has 1 unspecified atom stereocenters. The van der Waals surface area contributed by atoms with E-state index in [2.05, 4.69) is 0 Å². The van der Waals surface area contributed by atoms with Crippen LogP contribution in [-0.2, 0) is 11.2 Å². The third kappa shape index (κ3) is 2.65. The number of hydrogen-bond donors (Lipinski definition) is 0. The molecule has 5 nitrogen and oxygen atoms in total. The van der Waals surface area contributed by atoms with Crippen molar-refractivity contribution >= 4 is 16.9 Å². The zero-order chi connectivity index (χ0) is 16.5. The summed E-state index contributed by atoms with van der Waals surface area (Å²) in [6.45, 7) is 0.140. The van der Waals surface area contributed by atoms with E-state index in [4.69, 9.17) is 13.9 Å². The summed E-state index contributed by atoms with van der Waals surface area (Å²) in [7, 11) is 0. The van der Waals surface area contributed by atoms with Crippen LogP contribution in [0, 0.1) is 0 Å². The number of carbonyl (C=O) groups excluding carboxylic acids is 1. The third-order valence-corrected chi connectivity index (χ3v) is 3.98. The lowest BCUT2D eigenvalue weighted by molar-refractivity contribution is 0.0347. The Morgan fingerprint density at radius 3 is 2.71 bits per heavy atom. The molecule has 5 heteroatoms. The maximum Gasteiger partial charge on any atom is 0.338 e. The van der Waals surface area contributed by atoms with Crippen LogP contribution in [0.5, 0.6) is 5.75 Å². The van der Waals surface area contributed by atoms with Gasteiger partial charge in [0.25, 0.3) is 0 Å². The number of ether oxygens (including phenoxy) is 2. The second kappa shape index (κ2) is 5.85. The van der Waals surface area contributed by atoms with E-state index in [0.29, 0.717) is 23.3 Å². The van der Waals surface area contributed by atoms with Crippen molar-refractivity contribution in [2.75, 3.05) is 6.61 Å². The fourth-order valence-electron chi connectivity index (χ4n) is 2.84. The van der Waals surface area contributed by atoms with Gasteiger partial charge in [0, 0.05) is 23.4 Å². The highest BCUT2D eigenvalue weighted by atomic mass is 16.6. The fraction of sp³-hybridized carbons (Fsp3) is 0.158. The molecule has 0 amide bonds. The third-order valence-electron chi connectivity index (χ3n) is 3.98. The van der Waals surface area contributed by atoms with Crippen molar-refractivity contribution in [3.8, 4) is 5.75 Å². The topological polar surface area (TPSA) is 65.7 Å². The van der Waals surface area contributed by atoms with Gasteiger partial charge < -0.3 is 13.9 Å². The lowest BCUT2D eigenvalue weighted by Gasteiger charge is -2.11. The molecule has 1 atom stereocenters. The standard InChI is InChI=1S/C19H14O5/c20-17-9-7-12-6-8-16-15(18(12)24-17)10-14(23-16)11-22-19(21)13-4-2-1-3-5-13/h1-9,14H,10-11H2. The minimum Gasteiger partial charge on any atom is -0.486 e. The van der Waals surface area contributed by atoms with E-state index in [1.807, 2.05) is 18.2 Å². The number of rotatable bonds is 3. The van der Waals surface area contributed by atoms with Crippen molar-refractivity contribution in [3.05, 3.63) is 76.1 Å². The monoisotopic (exact) mass is 322 g/mol. The Morgan fingerprint density at radius 2 is 1.88 bits per heavy atom. The molecule has 4 rings (SSSR count). The van der Waals surface area contributed by atoms with Gasteiger partial charge in [0.1, 0.15) is 24.0 Å². The summed E-state index contributed by atoms with van der Waals surface area (Å²) in [5.74, 6) is 0.282. The molecule has 1 aliphatic heterocycles. The SMILES string of the molecule is O=C(OCC1Cc2c(ccc3ccc(=O)oc23)O1)c1ccccc1. The summed E-state index contributed by atoms with van der Waals surface area (Å²) in [5, 5.41) is 0.846. The van der Waals surface area contributed by atoms with Gasteiger partial charge in [0.05, 0.1) is 5.56 Å². The Kier molecular flexibility index (Phi) is 3.54. The van der Waals surface area contributed by atoms with E-state index >= 15 is 0 Å². The van der Waals surface area contributed by atoms with Crippen molar-refractivity contribution in [1.29, 1.82) is 0 Å². The molecule has 1 aromatic heterocycles. The quantitative estimate of drug-likeness (QED) is 0.548. The van der Waals surface area contributed by atoms with E-state index in [0.717, 1.165) is 10.9 Å². The van der Waals surface area contributed by atoms with Crippen molar-refractivity contribution in [2.45, 2.75) is 12.5 Å². The number of fused-ring (bicyclic) bond motifs is 3. The van der Waals surface area contributed by atoms with Gasteiger partial charge in [-0.3, -0.25) is 0 Å². The smallest absolute Gasteiger partial charge is 0.338 e. The number of esters is 1. The molecule has 0 spiro atoms. The minimum absolute atomic E-state index is 0.140. The van der Waals surface area contributed by atoms with E-state index in [-0.39, 0.29) is 18.7 Å². The van der Waals surface area contributed by atoms with Gasteiger partial charge in [-0.15, -0.1) is 0 Å². The van der Waals surface area contributed by atoms with Crippen LogP contribution in [0.25, 0.3) is 11.0 Å². The summed E-state index contributed by atoms with van der Waals surface area (Å²) < 4.78 is 16.4. The molecule has 3 aromatic rings. The number of benzene rings is 2. The van der Waals surface area contributed by atoms with Crippen LogP contribution in [0.15, 0.2) is 63.8 Å². The van der Waals surface area contributed by atoms with E-state index in [9.17, 15) is 9.59 Å². The average Bonchev–Trinajstić information content (AvgIpc) is 3.04. The van der Waals surface area contributed by atoms with Gasteiger partial charge in [-0.2, -0.15) is 0 Å².